The van der Waals surface area contributed by atoms with Gasteiger partial charge in [0, 0.05) is 24.1 Å². The average molecular weight is 274 g/mol. The summed E-state index contributed by atoms with van der Waals surface area (Å²) < 4.78 is 10.8. The summed E-state index contributed by atoms with van der Waals surface area (Å²) in [6.07, 6.45) is 2.01. The number of anilines is 1. The molecule has 2 aromatic rings. The molecular formula is C16H22N2O2. The van der Waals surface area contributed by atoms with Crippen LogP contribution in [0, 0.1) is 0 Å². The summed E-state index contributed by atoms with van der Waals surface area (Å²) >= 11 is 0. The maximum Gasteiger partial charge on any atom is 0.131 e. The van der Waals surface area contributed by atoms with Crippen LogP contribution in [0.1, 0.15) is 25.8 Å². The third kappa shape index (κ3) is 2.79. The summed E-state index contributed by atoms with van der Waals surface area (Å²) in [4.78, 5) is 4.73. The SMILES string of the molecule is CCCNc1nc2cc(OC)cc(OC)c2cc1CC. The van der Waals surface area contributed by atoms with Crippen molar-refractivity contribution in [2.75, 3.05) is 26.1 Å². The second kappa shape index (κ2) is 6.46. The molecule has 1 N–H and O–H groups in total. The predicted octanol–water partition coefficient (Wildman–Crippen LogP) is 3.64. The van der Waals surface area contributed by atoms with Gasteiger partial charge in [-0.05, 0) is 24.5 Å². The van der Waals surface area contributed by atoms with Crippen molar-refractivity contribution < 1.29 is 9.47 Å². The fourth-order valence-corrected chi connectivity index (χ4v) is 2.21. The number of nitrogens with one attached hydrogen (secondary N) is 1. The molecule has 0 radical (unpaired) electrons. The van der Waals surface area contributed by atoms with Crippen LogP contribution in [-0.2, 0) is 6.42 Å². The van der Waals surface area contributed by atoms with Gasteiger partial charge >= 0.3 is 0 Å². The molecule has 20 heavy (non-hydrogen) atoms. The molecule has 1 aromatic carbocycles. The number of pyridine rings is 1. The highest BCUT2D eigenvalue weighted by Crippen LogP contribution is 2.32. The lowest BCUT2D eigenvalue weighted by atomic mass is 10.1. The molecule has 4 heteroatoms. The third-order valence-electron chi connectivity index (χ3n) is 3.33. The molecule has 0 bridgehead atoms. The monoisotopic (exact) mass is 274 g/mol. The van der Waals surface area contributed by atoms with Gasteiger partial charge in [0.2, 0.25) is 0 Å². The second-order valence-corrected chi connectivity index (χ2v) is 4.67. The maximum atomic E-state index is 5.45. The zero-order chi connectivity index (χ0) is 14.5. The fourth-order valence-electron chi connectivity index (χ4n) is 2.21. The zero-order valence-corrected chi connectivity index (χ0v) is 12.6. The molecule has 1 aromatic heterocycles. The van der Waals surface area contributed by atoms with Crippen LogP contribution in [0.2, 0.25) is 0 Å². The van der Waals surface area contributed by atoms with Gasteiger partial charge in [0.25, 0.3) is 0 Å². The van der Waals surface area contributed by atoms with Crippen molar-refractivity contribution in [2.24, 2.45) is 0 Å². The van der Waals surface area contributed by atoms with Crippen LogP contribution in [-0.4, -0.2) is 25.7 Å². The normalized spacial score (nSPS) is 10.6. The van der Waals surface area contributed by atoms with Crippen LogP contribution in [0.3, 0.4) is 0 Å². The van der Waals surface area contributed by atoms with E-state index in [1.807, 2.05) is 12.1 Å². The maximum absolute atomic E-state index is 5.45. The first-order chi connectivity index (χ1) is 9.73. The molecule has 0 saturated heterocycles. The van der Waals surface area contributed by atoms with E-state index in [1.54, 1.807) is 14.2 Å². The molecule has 0 aliphatic heterocycles. The van der Waals surface area contributed by atoms with E-state index in [4.69, 9.17) is 14.5 Å². The van der Waals surface area contributed by atoms with Gasteiger partial charge in [-0.25, -0.2) is 4.98 Å². The van der Waals surface area contributed by atoms with E-state index in [1.165, 1.54) is 5.56 Å². The van der Waals surface area contributed by atoms with E-state index in [0.717, 1.165) is 47.6 Å². The number of benzene rings is 1. The summed E-state index contributed by atoms with van der Waals surface area (Å²) in [6.45, 7) is 5.20. The first-order valence-corrected chi connectivity index (χ1v) is 7.03. The molecule has 0 saturated carbocycles. The molecule has 0 amide bonds. The Labute approximate surface area is 120 Å². The summed E-state index contributed by atoms with van der Waals surface area (Å²) in [5, 5.41) is 4.41. The first kappa shape index (κ1) is 14.4. The lowest BCUT2D eigenvalue weighted by Gasteiger charge is -2.14. The summed E-state index contributed by atoms with van der Waals surface area (Å²) in [5.41, 5.74) is 2.09. The van der Waals surface area contributed by atoms with Crippen molar-refractivity contribution in [2.45, 2.75) is 26.7 Å². The molecule has 0 unspecified atom stereocenters. The number of fused-ring (bicyclic) bond motifs is 1. The van der Waals surface area contributed by atoms with E-state index >= 15 is 0 Å². The Morgan fingerprint density at radius 2 is 1.90 bits per heavy atom. The smallest absolute Gasteiger partial charge is 0.131 e. The van der Waals surface area contributed by atoms with Crippen molar-refractivity contribution >= 4 is 16.7 Å². The fraction of sp³-hybridized carbons (Fsp3) is 0.438. The third-order valence-corrected chi connectivity index (χ3v) is 3.33. The van der Waals surface area contributed by atoms with Gasteiger partial charge in [0.15, 0.2) is 0 Å². The van der Waals surface area contributed by atoms with Gasteiger partial charge in [-0.15, -0.1) is 0 Å². The number of nitrogens with zero attached hydrogens (tertiary/aromatic N) is 1. The summed E-state index contributed by atoms with van der Waals surface area (Å²) in [5.74, 6) is 2.51. The Morgan fingerprint density at radius 3 is 2.50 bits per heavy atom. The van der Waals surface area contributed by atoms with Crippen LogP contribution >= 0.6 is 0 Å². The average Bonchev–Trinajstić information content (AvgIpc) is 2.50. The minimum absolute atomic E-state index is 0.757. The van der Waals surface area contributed by atoms with E-state index < -0.39 is 0 Å². The molecule has 2 rings (SSSR count). The number of aromatic nitrogens is 1. The van der Waals surface area contributed by atoms with Crippen LogP contribution in [0.25, 0.3) is 10.9 Å². The first-order valence-electron chi connectivity index (χ1n) is 7.03. The van der Waals surface area contributed by atoms with Crippen molar-refractivity contribution in [3.05, 3.63) is 23.8 Å². The molecular weight excluding hydrogens is 252 g/mol. The predicted molar refractivity (Wildman–Crippen MR) is 83.0 cm³/mol. The van der Waals surface area contributed by atoms with Crippen molar-refractivity contribution in [3.8, 4) is 11.5 Å². The van der Waals surface area contributed by atoms with Gasteiger partial charge in [0.05, 0.1) is 19.7 Å². The number of aryl methyl sites for hydroxylation is 1. The van der Waals surface area contributed by atoms with Crippen molar-refractivity contribution in [3.63, 3.8) is 0 Å². The topological polar surface area (TPSA) is 43.4 Å². The molecule has 0 fully saturated rings. The minimum Gasteiger partial charge on any atom is -0.497 e. The second-order valence-electron chi connectivity index (χ2n) is 4.67. The largest absolute Gasteiger partial charge is 0.497 e. The lowest BCUT2D eigenvalue weighted by molar-refractivity contribution is 0.398. The summed E-state index contributed by atoms with van der Waals surface area (Å²) in [7, 11) is 3.32. The van der Waals surface area contributed by atoms with Crippen LogP contribution < -0.4 is 14.8 Å². The quantitative estimate of drug-likeness (QED) is 0.873. The highest BCUT2D eigenvalue weighted by Gasteiger charge is 2.11. The van der Waals surface area contributed by atoms with Gasteiger partial charge < -0.3 is 14.8 Å². The molecule has 4 nitrogen and oxygen atoms in total. The standard InChI is InChI=1S/C16H22N2O2/c1-5-7-17-16-11(6-2)8-13-14(18-16)9-12(19-3)10-15(13)20-4/h8-10H,5-7H2,1-4H3,(H,17,18). The number of methoxy groups -OCH3 is 2. The molecule has 0 atom stereocenters. The Bertz CT molecular complexity index is 597. The lowest BCUT2D eigenvalue weighted by Crippen LogP contribution is -2.05. The zero-order valence-electron chi connectivity index (χ0n) is 12.6. The van der Waals surface area contributed by atoms with Crippen LogP contribution in [0.5, 0.6) is 11.5 Å². The summed E-state index contributed by atoms with van der Waals surface area (Å²) in [6, 6.07) is 5.98. The van der Waals surface area contributed by atoms with Gasteiger partial charge in [-0.1, -0.05) is 13.8 Å². The van der Waals surface area contributed by atoms with E-state index in [-0.39, 0.29) is 0 Å². The Kier molecular flexibility index (Phi) is 4.66. The Balaban J connectivity index is 2.60. The van der Waals surface area contributed by atoms with Gasteiger partial charge in [-0.3, -0.25) is 0 Å². The van der Waals surface area contributed by atoms with Crippen molar-refractivity contribution in [1.82, 2.24) is 4.98 Å². The van der Waals surface area contributed by atoms with E-state index in [9.17, 15) is 0 Å². The van der Waals surface area contributed by atoms with E-state index in [0.29, 0.717) is 0 Å². The van der Waals surface area contributed by atoms with Gasteiger partial charge in [0.1, 0.15) is 17.3 Å². The number of rotatable bonds is 6. The number of hydrogen-bond donors (Lipinski definition) is 1. The molecule has 0 aliphatic carbocycles. The Hall–Kier alpha value is -1.97. The number of hydrogen-bond acceptors (Lipinski definition) is 4. The Morgan fingerprint density at radius 1 is 1.10 bits per heavy atom. The van der Waals surface area contributed by atoms with Crippen LogP contribution in [0.15, 0.2) is 18.2 Å². The highest BCUT2D eigenvalue weighted by atomic mass is 16.5. The van der Waals surface area contributed by atoms with Crippen LogP contribution in [0.4, 0.5) is 5.82 Å². The van der Waals surface area contributed by atoms with E-state index in [2.05, 4.69) is 25.2 Å². The number of ether oxygens (including phenoxy) is 2. The molecule has 108 valence electrons. The van der Waals surface area contributed by atoms with Gasteiger partial charge in [-0.2, -0.15) is 0 Å². The highest BCUT2D eigenvalue weighted by molar-refractivity contribution is 5.89. The molecule has 0 spiro atoms. The molecule has 0 aliphatic rings. The molecule has 1 heterocycles. The van der Waals surface area contributed by atoms with Crippen molar-refractivity contribution in [1.29, 1.82) is 0 Å². The minimum atomic E-state index is 0.757.